The van der Waals surface area contributed by atoms with Crippen LogP contribution in [0.2, 0.25) is 0 Å². The van der Waals surface area contributed by atoms with Crippen LogP contribution in [0.25, 0.3) is 0 Å². The average molecular weight is 416 g/mol. The molecule has 7 nitrogen and oxygen atoms in total. The predicted octanol–water partition coefficient (Wildman–Crippen LogP) is 4.59. The van der Waals surface area contributed by atoms with Gasteiger partial charge in [0.05, 0.1) is 30.5 Å². The smallest absolute Gasteiger partial charge is 0.251 e. The summed E-state index contributed by atoms with van der Waals surface area (Å²) in [6, 6.07) is 9.01. The first-order valence-corrected chi connectivity index (χ1v) is 10.2. The molecule has 0 heterocycles. The van der Waals surface area contributed by atoms with Gasteiger partial charge in [0.2, 0.25) is 11.1 Å². The Morgan fingerprint density at radius 3 is 2.45 bits per heavy atom. The zero-order chi connectivity index (χ0) is 21.4. The molecular formula is C21H25N3O4S. The van der Waals surface area contributed by atoms with Gasteiger partial charge in [-0.05, 0) is 55.7 Å². The molecule has 0 fully saturated rings. The Labute approximate surface area is 173 Å². The van der Waals surface area contributed by atoms with Crippen LogP contribution in [0.1, 0.15) is 27.0 Å². The van der Waals surface area contributed by atoms with Crippen molar-refractivity contribution in [3.05, 3.63) is 65.4 Å². The van der Waals surface area contributed by atoms with Gasteiger partial charge in [-0.1, -0.05) is 12.6 Å². The van der Waals surface area contributed by atoms with Crippen LogP contribution in [0.5, 0.6) is 5.75 Å². The van der Waals surface area contributed by atoms with Gasteiger partial charge < -0.3 is 14.2 Å². The normalized spacial score (nSPS) is 11.9. The third kappa shape index (κ3) is 6.25. The Hall–Kier alpha value is -3.00. The first-order chi connectivity index (χ1) is 13.8. The minimum Gasteiger partial charge on any atom is -0.496 e. The molecule has 0 aliphatic carbocycles. The number of nitrogens with zero attached hydrogens (tertiary/aromatic N) is 2. The van der Waals surface area contributed by atoms with Crippen molar-refractivity contribution in [1.29, 1.82) is 0 Å². The fraction of sp³-hybridized carbons (Fsp3) is 0.286. The van der Waals surface area contributed by atoms with E-state index < -0.39 is 11.1 Å². The second-order valence-electron chi connectivity index (χ2n) is 6.34. The van der Waals surface area contributed by atoms with E-state index in [4.69, 9.17) is 8.92 Å². The molecule has 2 aromatic rings. The van der Waals surface area contributed by atoms with Crippen LogP contribution in [-0.2, 0) is 15.3 Å². The average Bonchev–Trinajstić information content (AvgIpc) is 2.68. The van der Waals surface area contributed by atoms with E-state index in [1.165, 1.54) is 0 Å². The van der Waals surface area contributed by atoms with E-state index in [1.54, 1.807) is 25.3 Å². The summed E-state index contributed by atoms with van der Waals surface area (Å²) in [5.41, 5.74) is 4.74. The Morgan fingerprint density at radius 1 is 1.10 bits per heavy atom. The maximum atomic E-state index is 12.2. The van der Waals surface area contributed by atoms with Gasteiger partial charge in [-0.3, -0.25) is 4.79 Å². The molecule has 0 saturated carbocycles. The molecule has 154 valence electrons. The lowest BCUT2D eigenvalue weighted by Crippen LogP contribution is -2.27. The summed E-state index contributed by atoms with van der Waals surface area (Å²) >= 11 is -1.50. The van der Waals surface area contributed by atoms with Gasteiger partial charge in [0, 0.05) is 18.2 Å². The quantitative estimate of drug-likeness (QED) is 0.479. The highest BCUT2D eigenvalue weighted by molar-refractivity contribution is 7.80. The lowest BCUT2D eigenvalue weighted by molar-refractivity contribution is 0.0956. The number of amides is 1. The molecule has 1 unspecified atom stereocenters. The predicted molar refractivity (Wildman–Crippen MR) is 114 cm³/mol. The maximum Gasteiger partial charge on any atom is 0.251 e. The molecule has 29 heavy (non-hydrogen) atoms. The first kappa shape index (κ1) is 22.3. The van der Waals surface area contributed by atoms with Gasteiger partial charge in [-0.25, -0.2) is 4.21 Å². The Balaban J connectivity index is 2.08. The Morgan fingerprint density at radius 2 is 1.79 bits per heavy atom. The van der Waals surface area contributed by atoms with Crippen molar-refractivity contribution in [3.8, 4) is 5.75 Å². The fourth-order valence-electron chi connectivity index (χ4n) is 2.64. The zero-order valence-electron chi connectivity index (χ0n) is 17.0. The number of ether oxygens (including phenoxy) is 1. The van der Waals surface area contributed by atoms with E-state index >= 15 is 0 Å². The van der Waals surface area contributed by atoms with Gasteiger partial charge in [-0.2, -0.15) is 10.2 Å². The summed E-state index contributed by atoms with van der Waals surface area (Å²) in [7, 11) is 1.62. The molecule has 2 aromatic carbocycles. The molecular weight excluding hydrogens is 390 g/mol. The zero-order valence-corrected chi connectivity index (χ0v) is 17.8. The number of methoxy groups -OCH3 is 1. The summed E-state index contributed by atoms with van der Waals surface area (Å²) < 4.78 is 21.4. The number of hydrogen-bond acceptors (Lipinski definition) is 6. The Bertz CT molecular complexity index is 957. The van der Waals surface area contributed by atoms with Crippen LogP contribution in [0.15, 0.2) is 53.4 Å². The fourth-order valence-corrected chi connectivity index (χ4v) is 3.16. The number of aryl methyl sites for hydroxylation is 3. The number of carbonyl (C=O) groups is 1. The van der Waals surface area contributed by atoms with Gasteiger partial charge >= 0.3 is 0 Å². The molecule has 1 atom stereocenters. The van der Waals surface area contributed by atoms with Crippen LogP contribution < -0.4 is 10.1 Å². The molecule has 0 radical (unpaired) electrons. The molecule has 0 spiro atoms. The number of carbonyl (C=O) groups excluding carboxylic acids is 1. The maximum absolute atomic E-state index is 12.2. The minimum atomic E-state index is -1.50. The van der Waals surface area contributed by atoms with E-state index in [0.717, 1.165) is 34.4 Å². The molecule has 1 amide bonds. The lowest BCUT2D eigenvalue weighted by atomic mass is 10.1. The van der Waals surface area contributed by atoms with E-state index in [1.807, 2.05) is 32.9 Å². The molecule has 0 aromatic heterocycles. The van der Waals surface area contributed by atoms with E-state index in [-0.39, 0.29) is 18.2 Å². The molecule has 1 N–H and O–H groups in total. The molecule has 0 bridgehead atoms. The van der Waals surface area contributed by atoms with E-state index in [0.29, 0.717) is 11.3 Å². The van der Waals surface area contributed by atoms with Crippen LogP contribution in [0.3, 0.4) is 0 Å². The topological polar surface area (TPSA) is 89.3 Å². The monoisotopic (exact) mass is 415 g/mol. The summed E-state index contributed by atoms with van der Waals surface area (Å²) in [5.74, 6) is 0.682. The standard InChI is InChI=1S/C21H25N3O4S/c1-6-28-29(26)10-9-22-21(25)17-7-8-18(15(3)12-17)23-24-19-13-20(27-5)16(4)11-14(19)2/h6-8,11-13H,1,9-10H2,2-5H3,(H,22,25). The summed E-state index contributed by atoms with van der Waals surface area (Å²) in [6.45, 7) is 9.37. The summed E-state index contributed by atoms with van der Waals surface area (Å²) in [5, 5.41) is 11.4. The summed E-state index contributed by atoms with van der Waals surface area (Å²) in [6.07, 6.45) is 1.11. The highest BCUT2D eigenvalue weighted by atomic mass is 32.2. The van der Waals surface area contributed by atoms with Crippen molar-refractivity contribution in [2.24, 2.45) is 10.2 Å². The third-order valence-electron chi connectivity index (χ3n) is 4.17. The molecule has 0 aliphatic heterocycles. The van der Waals surface area contributed by atoms with Crippen LogP contribution in [-0.4, -0.2) is 29.5 Å². The van der Waals surface area contributed by atoms with Crippen LogP contribution in [0, 0.1) is 20.8 Å². The van der Waals surface area contributed by atoms with E-state index in [9.17, 15) is 9.00 Å². The van der Waals surface area contributed by atoms with Crippen molar-refractivity contribution in [1.82, 2.24) is 5.32 Å². The van der Waals surface area contributed by atoms with Crippen molar-refractivity contribution in [3.63, 3.8) is 0 Å². The molecule has 8 heteroatoms. The second-order valence-corrected chi connectivity index (χ2v) is 7.54. The van der Waals surface area contributed by atoms with Crippen molar-refractivity contribution in [2.45, 2.75) is 20.8 Å². The van der Waals surface area contributed by atoms with Crippen molar-refractivity contribution >= 4 is 28.4 Å². The molecule has 0 saturated heterocycles. The first-order valence-electron chi connectivity index (χ1n) is 8.98. The molecule has 0 aliphatic rings. The van der Waals surface area contributed by atoms with Gasteiger partial charge in [0.1, 0.15) is 5.75 Å². The minimum absolute atomic E-state index is 0.183. The van der Waals surface area contributed by atoms with Crippen LogP contribution in [0.4, 0.5) is 11.4 Å². The highest BCUT2D eigenvalue weighted by Gasteiger charge is 2.09. The SMILES string of the molecule is C=COS(=O)CCNC(=O)c1ccc(N=Nc2cc(OC)c(C)cc2C)c(C)c1. The van der Waals surface area contributed by atoms with Crippen molar-refractivity contribution < 1.29 is 17.9 Å². The largest absolute Gasteiger partial charge is 0.496 e. The van der Waals surface area contributed by atoms with Gasteiger partial charge in [0.25, 0.3) is 5.91 Å². The number of hydrogen-bond donors (Lipinski definition) is 1. The summed E-state index contributed by atoms with van der Waals surface area (Å²) in [4.78, 5) is 12.2. The van der Waals surface area contributed by atoms with Crippen molar-refractivity contribution in [2.75, 3.05) is 19.4 Å². The van der Waals surface area contributed by atoms with Gasteiger partial charge in [0.15, 0.2) is 0 Å². The molecule has 2 rings (SSSR count). The highest BCUT2D eigenvalue weighted by Crippen LogP contribution is 2.30. The van der Waals surface area contributed by atoms with Crippen LogP contribution >= 0.6 is 0 Å². The van der Waals surface area contributed by atoms with E-state index in [2.05, 4.69) is 22.1 Å². The second kappa shape index (κ2) is 10.5. The third-order valence-corrected chi connectivity index (χ3v) is 5.06. The van der Waals surface area contributed by atoms with Gasteiger partial charge in [-0.15, -0.1) is 0 Å². The number of benzene rings is 2. The number of rotatable bonds is 9. The number of nitrogens with one attached hydrogen (secondary N) is 1. The Kier molecular flexibility index (Phi) is 8.09. The number of azo groups is 1. The lowest BCUT2D eigenvalue weighted by Gasteiger charge is -2.08.